The lowest BCUT2D eigenvalue weighted by Gasteiger charge is -2.23. The van der Waals surface area contributed by atoms with Crippen LogP contribution in [0.1, 0.15) is 30.9 Å². The van der Waals surface area contributed by atoms with Crippen LogP contribution in [0.2, 0.25) is 0 Å². The fraction of sp³-hybridized carbons (Fsp3) is 0.333. The van der Waals surface area contributed by atoms with Gasteiger partial charge in [-0.25, -0.2) is 0 Å². The van der Waals surface area contributed by atoms with E-state index < -0.39 is 23.6 Å². The summed E-state index contributed by atoms with van der Waals surface area (Å²) in [7, 11) is 0. The number of hydrogen-bond donors (Lipinski definition) is 1. The monoisotopic (exact) mass is 304 g/mol. The van der Waals surface area contributed by atoms with Crippen molar-refractivity contribution < 1.29 is 27.1 Å². The summed E-state index contributed by atoms with van der Waals surface area (Å²) in [5.41, 5.74) is -1.07. The molecule has 1 nitrogen and oxygen atoms in total. The number of alkyl halides is 5. The van der Waals surface area contributed by atoms with Gasteiger partial charge in [0.2, 0.25) is 0 Å². The zero-order chi connectivity index (χ0) is 16.0. The van der Waals surface area contributed by atoms with E-state index >= 15 is 0 Å². The molecule has 0 radical (unpaired) electrons. The van der Waals surface area contributed by atoms with Crippen LogP contribution in [0.15, 0.2) is 30.3 Å². The summed E-state index contributed by atoms with van der Waals surface area (Å²) in [6.07, 6.45) is -5.69. The van der Waals surface area contributed by atoms with Crippen LogP contribution >= 0.6 is 0 Å². The molecule has 0 aliphatic carbocycles. The first-order valence-electron chi connectivity index (χ1n) is 6.27. The van der Waals surface area contributed by atoms with Gasteiger partial charge < -0.3 is 5.11 Å². The first-order chi connectivity index (χ1) is 9.57. The van der Waals surface area contributed by atoms with E-state index in [0.717, 1.165) is 12.1 Å². The lowest BCUT2D eigenvalue weighted by atomic mass is 9.91. The summed E-state index contributed by atoms with van der Waals surface area (Å²) in [4.78, 5) is 0. The summed E-state index contributed by atoms with van der Waals surface area (Å²) in [6.45, 7) is 3.22. The molecule has 0 aromatic heterocycles. The Labute approximate surface area is 118 Å². The molecule has 0 saturated heterocycles. The van der Waals surface area contributed by atoms with Gasteiger partial charge in [0.1, 0.15) is 5.75 Å². The third kappa shape index (κ3) is 2.43. The van der Waals surface area contributed by atoms with E-state index in [1.165, 1.54) is 18.2 Å². The van der Waals surface area contributed by atoms with Crippen molar-refractivity contribution in [1.29, 1.82) is 0 Å². The van der Waals surface area contributed by atoms with Gasteiger partial charge in [0, 0.05) is 10.9 Å². The molecule has 6 heteroatoms. The second-order valence-electron chi connectivity index (χ2n) is 5.13. The van der Waals surface area contributed by atoms with Crippen LogP contribution in [0, 0.1) is 0 Å². The largest absolute Gasteiger partial charge is 0.507 e. The molecule has 0 bridgehead atoms. The Bertz CT molecular complexity index is 674. The Hall–Kier alpha value is -1.85. The molecule has 0 unspecified atom stereocenters. The van der Waals surface area contributed by atoms with Crippen LogP contribution in [-0.4, -0.2) is 11.3 Å². The fourth-order valence-electron chi connectivity index (χ4n) is 2.23. The Morgan fingerprint density at radius 3 is 1.95 bits per heavy atom. The van der Waals surface area contributed by atoms with Crippen LogP contribution in [-0.2, 0) is 5.92 Å². The van der Waals surface area contributed by atoms with Gasteiger partial charge in [-0.05, 0) is 22.9 Å². The number of hydrogen-bond acceptors (Lipinski definition) is 1. The molecule has 1 N–H and O–H groups in total. The number of halogens is 5. The van der Waals surface area contributed by atoms with E-state index in [1.54, 1.807) is 13.8 Å². The first kappa shape index (κ1) is 15.5. The number of aromatic hydroxyl groups is 1. The topological polar surface area (TPSA) is 20.2 Å². The molecular weight excluding hydrogens is 291 g/mol. The van der Waals surface area contributed by atoms with Crippen molar-refractivity contribution in [3.63, 3.8) is 0 Å². The smallest absolute Gasteiger partial charge is 0.458 e. The summed E-state index contributed by atoms with van der Waals surface area (Å²) < 4.78 is 65.5. The number of benzene rings is 2. The van der Waals surface area contributed by atoms with Crippen molar-refractivity contribution in [2.45, 2.75) is 31.9 Å². The van der Waals surface area contributed by atoms with Crippen molar-refractivity contribution in [2.24, 2.45) is 0 Å². The predicted molar refractivity (Wildman–Crippen MR) is 69.7 cm³/mol. The Morgan fingerprint density at radius 2 is 1.48 bits per heavy atom. The minimum Gasteiger partial charge on any atom is -0.507 e. The Kier molecular flexibility index (Phi) is 3.59. The van der Waals surface area contributed by atoms with Gasteiger partial charge in [-0.2, -0.15) is 22.0 Å². The van der Waals surface area contributed by atoms with Crippen LogP contribution < -0.4 is 0 Å². The van der Waals surface area contributed by atoms with E-state index in [2.05, 4.69) is 0 Å². The maximum Gasteiger partial charge on any atom is 0.458 e. The molecule has 2 rings (SSSR count). The summed E-state index contributed by atoms with van der Waals surface area (Å²) in [5.74, 6) is -5.64. The average molecular weight is 304 g/mol. The first-order valence-corrected chi connectivity index (χ1v) is 6.27. The lowest BCUT2D eigenvalue weighted by Crippen LogP contribution is -2.34. The van der Waals surface area contributed by atoms with Crippen molar-refractivity contribution in [2.75, 3.05) is 0 Å². The average Bonchev–Trinajstić information content (AvgIpc) is 2.37. The molecule has 0 fully saturated rings. The van der Waals surface area contributed by atoms with E-state index in [1.807, 2.05) is 0 Å². The summed E-state index contributed by atoms with van der Waals surface area (Å²) in [6, 6.07) is 6.05. The highest BCUT2D eigenvalue weighted by atomic mass is 19.4. The van der Waals surface area contributed by atoms with Gasteiger partial charge in [-0.15, -0.1) is 0 Å². The zero-order valence-corrected chi connectivity index (χ0v) is 11.3. The van der Waals surface area contributed by atoms with E-state index in [4.69, 9.17) is 0 Å². The molecular formula is C15H13F5O. The molecule has 0 spiro atoms. The van der Waals surface area contributed by atoms with Gasteiger partial charge in [0.15, 0.2) is 0 Å². The molecule has 0 amide bonds. The van der Waals surface area contributed by atoms with Gasteiger partial charge in [-0.1, -0.05) is 38.1 Å². The molecule has 2 aromatic carbocycles. The van der Waals surface area contributed by atoms with Crippen molar-refractivity contribution >= 4 is 10.8 Å². The molecule has 2 aromatic rings. The molecule has 0 aliphatic heterocycles. The third-order valence-electron chi connectivity index (χ3n) is 3.36. The zero-order valence-electron chi connectivity index (χ0n) is 11.3. The molecule has 114 valence electrons. The van der Waals surface area contributed by atoms with Crippen LogP contribution in [0.3, 0.4) is 0 Å². The van der Waals surface area contributed by atoms with Crippen LogP contribution in [0.5, 0.6) is 5.75 Å². The van der Waals surface area contributed by atoms with E-state index in [9.17, 15) is 27.1 Å². The van der Waals surface area contributed by atoms with Crippen molar-refractivity contribution in [3.05, 3.63) is 41.5 Å². The summed E-state index contributed by atoms with van der Waals surface area (Å²) >= 11 is 0. The standard InChI is InChI=1S/C15H13F5O/c1-8(2)11-7-12(14(16,17)15(18,19)20)9-5-3-4-6-10(9)13(11)21/h3-8,21H,1-2H3. The van der Waals surface area contributed by atoms with E-state index in [-0.39, 0.29) is 22.1 Å². The van der Waals surface area contributed by atoms with Crippen molar-refractivity contribution in [1.82, 2.24) is 0 Å². The maximum absolute atomic E-state index is 13.8. The molecule has 0 atom stereocenters. The second-order valence-corrected chi connectivity index (χ2v) is 5.13. The minimum absolute atomic E-state index is 0.0115. The number of rotatable bonds is 2. The van der Waals surface area contributed by atoms with Gasteiger partial charge in [0.25, 0.3) is 0 Å². The number of phenolic OH excluding ortho intramolecular Hbond substituents is 1. The van der Waals surface area contributed by atoms with Gasteiger partial charge in [0.05, 0.1) is 0 Å². The highest BCUT2D eigenvalue weighted by Gasteiger charge is 2.59. The normalized spacial score (nSPS) is 13.1. The molecule has 0 saturated carbocycles. The lowest BCUT2D eigenvalue weighted by molar-refractivity contribution is -0.288. The predicted octanol–water partition coefficient (Wildman–Crippen LogP) is 5.32. The van der Waals surface area contributed by atoms with Gasteiger partial charge in [-0.3, -0.25) is 0 Å². The van der Waals surface area contributed by atoms with Crippen molar-refractivity contribution in [3.8, 4) is 5.75 Å². The van der Waals surface area contributed by atoms with Gasteiger partial charge >= 0.3 is 12.1 Å². The maximum atomic E-state index is 13.8. The van der Waals surface area contributed by atoms with E-state index in [0.29, 0.717) is 0 Å². The Morgan fingerprint density at radius 1 is 0.952 bits per heavy atom. The van der Waals surface area contributed by atoms with Crippen LogP contribution in [0.4, 0.5) is 22.0 Å². The molecule has 21 heavy (non-hydrogen) atoms. The second kappa shape index (κ2) is 4.86. The Balaban J connectivity index is 2.89. The molecule has 0 aliphatic rings. The minimum atomic E-state index is -5.69. The SMILES string of the molecule is CC(C)c1cc(C(F)(F)C(F)(F)F)c2ccccc2c1O. The van der Waals surface area contributed by atoms with Crippen LogP contribution in [0.25, 0.3) is 10.8 Å². The quantitative estimate of drug-likeness (QED) is 0.744. The fourth-order valence-corrected chi connectivity index (χ4v) is 2.23. The highest BCUT2D eigenvalue weighted by molar-refractivity contribution is 5.92. The highest BCUT2D eigenvalue weighted by Crippen LogP contribution is 2.48. The molecule has 0 heterocycles. The number of fused-ring (bicyclic) bond motifs is 1. The third-order valence-corrected chi connectivity index (χ3v) is 3.36. The number of phenols is 1. The summed E-state index contributed by atoms with van der Waals surface area (Å²) in [5, 5.41) is 9.77.